The van der Waals surface area contributed by atoms with Crippen molar-refractivity contribution in [3.05, 3.63) is 64.7 Å². The first-order valence-corrected chi connectivity index (χ1v) is 9.48. The van der Waals surface area contributed by atoms with Crippen molar-refractivity contribution < 1.29 is 28.5 Å². The average molecular weight is 392 g/mol. The van der Waals surface area contributed by atoms with Crippen LogP contribution in [0.2, 0.25) is 0 Å². The molecule has 2 aromatic rings. The van der Waals surface area contributed by atoms with Crippen LogP contribution in [0.25, 0.3) is 0 Å². The Hall–Kier alpha value is -2.02. The van der Waals surface area contributed by atoms with Crippen LogP contribution in [0, 0.1) is 6.92 Å². The van der Waals surface area contributed by atoms with Crippen LogP contribution in [-0.4, -0.2) is 41.6 Å². The maximum absolute atomic E-state index is 13.9. The fraction of sp³-hybridized carbons (Fsp3) is 0.455. The number of ether oxygens (including phenoxy) is 2. The molecule has 1 saturated heterocycles. The molecule has 152 valence electrons. The lowest BCUT2D eigenvalue weighted by atomic mass is 9.90. The summed E-state index contributed by atoms with van der Waals surface area (Å²) in [5.41, 5.74) is 3.96. The first-order valence-electron chi connectivity index (χ1n) is 9.48. The van der Waals surface area contributed by atoms with Crippen LogP contribution < -0.4 is 4.74 Å². The second kappa shape index (κ2) is 8.55. The van der Waals surface area contributed by atoms with Gasteiger partial charge in [-0.25, -0.2) is 8.78 Å². The summed E-state index contributed by atoms with van der Waals surface area (Å²) in [6.45, 7) is 3.70. The van der Waals surface area contributed by atoms with E-state index in [0.717, 1.165) is 28.0 Å². The second-order valence-electron chi connectivity index (χ2n) is 7.16. The lowest BCUT2D eigenvalue weighted by Gasteiger charge is -2.39. The normalized spacial score (nSPS) is 24.1. The lowest BCUT2D eigenvalue weighted by molar-refractivity contribution is -0.259. The highest BCUT2D eigenvalue weighted by Crippen LogP contribution is 2.40. The maximum Gasteiger partial charge on any atom is 0.301 e. The number of halogens is 2. The lowest BCUT2D eigenvalue weighted by Crippen LogP contribution is -2.53. The van der Waals surface area contributed by atoms with Crippen LogP contribution >= 0.6 is 0 Å². The number of alkyl halides is 2. The molecule has 1 fully saturated rings. The molecular weight excluding hydrogens is 366 g/mol. The first kappa shape index (κ1) is 20.7. The molecule has 2 aromatic carbocycles. The van der Waals surface area contributed by atoms with Gasteiger partial charge >= 0.3 is 5.92 Å². The van der Waals surface area contributed by atoms with Gasteiger partial charge in [-0.05, 0) is 54.7 Å². The zero-order chi connectivity index (χ0) is 20.3. The van der Waals surface area contributed by atoms with Crippen LogP contribution in [-0.2, 0) is 11.2 Å². The Kier molecular flexibility index (Phi) is 6.33. The molecule has 28 heavy (non-hydrogen) atoms. The minimum atomic E-state index is -3.46. The van der Waals surface area contributed by atoms with E-state index in [1.165, 1.54) is 0 Å². The van der Waals surface area contributed by atoms with Crippen molar-refractivity contribution in [1.82, 2.24) is 0 Å². The number of aryl methyl sites for hydroxylation is 1. The molecule has 3 rings (SSSR count). The van der Waals surface area contributed by atoms with Crippen molar-refractivity contribution in [2.24, 2.45) is 0 Å². The van der Waals surface area contributed by atoms with Crippen molar-refractivity contribution in [2.75, 3.05) is 13.2 Å². The topological polar surface area (TPSA) is 58.9 Å². The van der Waals surface area contributed by atoms with Crippen LogP contribution in [0.1, 0.15) is 41.7 Å². The summed E-state index contributed by atoms with van der Waals surface area (Å²) >= 11 is 0. The van der Waals surface area contributed by atoms with E-state index in [1.807, 2.05) is 56.3 Å². The van der Waals surface area contributed by atoms with Crippen molar-refractivity contribution >= 4 is 0 Å². The Morgan fingerprint density at radius 1 is 1.18 bits per heavy atom. The first-order chi connectivity index (χ1) is 13.3. The van der Waals surface area contributed by atoms with Crippen LogP contribution in [0.5, 0.6) is 5.75 Å². The van der Waals surface area contributed by atoms with E-state index < -0.39 is 30.8 Å². The fourth-order valence-electron chi connectivity index (χ4n) is 3.47. The minimum Gasteiger partial charge on any atom is -0.494 e. The molecule has 1 aliphatic rings. The predicted molar refractivity (Wildman–Crippen MR) is 102 cm³/mol. The van der Waals surface area contributed by atoms with E-state index in [2.05, 4.69) is 0 Å². The van der Waals surface area contributed by atoms with Crippen molar-refractivity contribution in [2.45, 2.75) is 50.9 Å². The summed E-state index contributed by atoms with van der Waals surface area (Å²) in [7, 11) is 0. The summed E-state index contributed by atoms with van der Waals surface area (Å²) in [6, 6.07) is 13.5. The third-order valence-corrected chi connectivity index (χ3v) is 5.18. The highest BCUT2D eigenvalue weighted by Gasteiger charge is 2.52. The molecule has 2 N–H and O–H groups in total. The fourth-order valence-corrected chi connectivity index (χ4v) is 3.47. The Balaban J connectivity index is 1.79. The molecule has 0 aromatic heterocycles. The number of rotatable bonds is 6. The Bertz CT molecular complexity index is 792. The van der Waals surface area contributed by atoms with Crippen LogP contribution in [0.3, 0.4) is 0 Å². The molecule has 0 amide bonds. The van der Waals surface area contributed by atoms with E-state index in [1.54, 1.807) is 0 Å². The highest BCUT2D eigenvalue weighted by molar-refractivity contribution is 5.38. The van der Waals surface area contributed by atoms with Gasteiger partial charge in [0.05, 0.1) is 19.3 Å². The van der Waals surface area contributed by atoms with Gasteiger partial charge in [0.1, 0.15) is 18.0 Å². The molecule has 4 nitrogen and oxygen atoms in total. The molecule has 6 heteroatoms. The number of aliphatic hydroxyl groups is 2. The van der Waals surface area contributed by atoms with Gasteiger partial charge in [-0.2, -0.15) is 0 Å². The zero-order valence-corrected chi connectivity index (χ0v) is 16.1. The Morgan fingerprint density at radius 2 is 1.89 bits per heavy atom. The smallest absolute Gasteiger partial charge is 0.301 e. The van der Waals surface area contributed by atoms with E-state index in [4.69, 9.17) is 9.47 Å². The Morgan fingerprint density at radius 3 is 2.54 bits per heavy atom. The van der Waals surface area contributed by atoms with E-state index in [9.17, 15) is 19.0 Å². The maximum atomic E-state index is 13.9. The zero-order valence-electron chi connectivity index (χ0n) is 16.1. The van der Waals surface area contributed by atoms with Crippen molar-refractivity contribution in [3.63, 3.8) is 0 Å². The summed E-state index contributed by atoms with van der Waals surface area (Å²) in [6.07, 6.45) is -3.78. The van der Waals surface area contributed by atoms with E-state index in [-0.39, 0.29) is 6.42 Å². The molecule has 0 bridgehead atoms. The summed E-state index contributed by atoms with van der Waals surface area (Å²) < 4.78 is 38.7. The van der Waals surface area contributed by atoms with Crippen molar-refractivity contribution in [1.29, 1.82) is 0 Å². The van der Waals surface area contributed by atoms with Gasteiger partial charge in [0, 0.05) is 6.42 Å². The van der Waals surface area contributed by atoms with Gasteiger partial charge in [0.2, 0.25) is 0 Å². The summed E-state index contributed by atoms with van der Waals surface area (Å²) in [5, 5.41) is 19.1. The molecule has 1 heterocycles. The molecular formula is C22H26F2O4. The van der Waals surface area contributed by atoms with Crippen molar-refractivity contribution in [3.8, 4) is 5.75 Å². The summed E-state index contributed by atoms with van der Waals surface area (Å²) in [4.78, 5) is 0. The molecule has 1 aliphatic heterocycles. The largest absolute Gasteiger partial charge is 0.494 e. The van der Waals surface area contributed by atoms with E-state index >= 15 is 0 Å². The molecule has 3 atom stereocenters. The molecule has 0 spiro atoms. The number of hydrogen-bond acceptors (Lipinski definition) is 4. The number of benzene rings is 2. The average Bonchev–Trinajstić information content (AvgIpc) is 2.67. The summed E-state index contributed by atoms with van der Waals surface area (Å²) in [5.74, 6) is -2.64. The molecule has 0 radical (unpaired) electrons. The van der Waals surface area contributed by atoms with Gasteiger partial charge in [-0.1, -0.05) is 30.3 Å². The van der Waals surface area contributed by atoms with Gasteiger partial charge in [-0.15, -0.1) is 0 Å². The number of aliphatic hydroxyl groups excluding tert-OH is 2. The second-order valence-corrected chi connectivity index (χ2v) is 7.16. The molecule has 0 saturated carbocycles. The third kappa shape index (κ3) is 4.35. The molecule has 0 aliphatic carbocycles. The van der Waals surface area contributed by atoms with Gasteiger partial charge in [0.15, 0.2) is 0 Å². The third-order valence-electron chi connectivity index (χ3n) is 5.18. The van der Waals surface area contributed by atoms with E-state index in [0.29, 0.717) is 13.0 Å². The van der Waals surface area contributed by atoms with Gasteiger partial charge < -0.3 is 19.7 Å². The Labute approximate surface area is 163 Å². The highest BCUT2D eigenvalue weighted by atomic mass is 19.3. The van der Waals surface area contributed by atoms with Crippen LogP contribution in [0.4, 0.5) is 8.78 Å². The predicted octanol–water partition coefficient (Wildman–Crippen LogP) is 3.80. The minimum absolute atomic E-state index is 0.213. The van der Waals surface area contributed by atoms with Gasteiger partial charge in [-0.3, -0.25) is 0 Å². The SMILES string of the molecule is CCOc1ccc(Cc2cc(C3CC(O)C(F)(F)C(CO)O3)ccc2C)cc1. The standard InChI is InChI=1S/C22H26F2O4/c1-3-27-18-8-5-15(6-9-18)10-17-11-16(7-4-14(17)2)19-12-20(26)22(23,24)21(13-25)28-19/h4-9,11,19-21,25-26H,3,10,12-13H2,1-2H3. The van der Waals surface area contributed by atoms with Gasteiger partial charge in [0.25, 0.3) is 0 Å². The molecule has 3 unspecified atom stereocenters. The number of hydrogen-bond donors (Lipinski definition) is 2. The monoisotopic (exact) mass is 392 g/mol. The quantitative estimate of drug-likeness (QED) is 0.785. The van der Waals surface area contributed by atoms with Crippen LogP contribution in [0.15, 0.2) is 42.5 Å².